The molecule has 0 amide bonds. The van der Waals surface area contributed by atoms with Crippen LogP contribution in [0.5, 0.6) is 5.75 Å². The third-order valence-electron chi connectivity index (χ3n) is 2.59. The lowest BCUT2D eigenvalue weighted by Gasteiger charge is -2.15. The molecule has 2 N–H and O–H groups in total. The lowest BCUT2D eigenvalue weighted by molar-refractivity contribution is 0.0323. The first-order valence-corrected chi connectivity index (χ1v) is 6.84. The van der Waals surface area contributed by atoms with Gasteiger partial charge in [-0.2, -0.15) is 0 Å². The van der Waals surface area contributed by atoms with Crippen molar-refractivity contribution in [3.63, 3.8) is 0 Å². The highest BCUT2D eigenvalue weighted by atomic mass is 35.5. The number of rotatable bonds is 9. The van der Waals surface area contributed by atoms with Crippen LogP contribution in [0.3, 0.4) is 0 Å². The molecule has 0 aliphatic heterocycles. The maximum atomic E-state index is 9.59. The Morgan fingerprint density at radius 1 is 1.37 bits per heavy atom. The van der Waals surface area contributed by atoms with Gasteiger partial charge in [-0.15, -0.1) is 0 Å². The number of nitrogens with one attached hydrogen (secondary N) is 1. The Morgan fingerprint density at radius 3 is 2.84 bits per heavy atom. The highest BCUT2D eigenvalue weighted by molar-refractivity contribution is 6.31. The van der Waals surface area contributed by atoms with Crippen LogP contribution in [0.15, 0.2) is 18.2 Å². The first kappa shape index (κ1) is 16.2. The number of ether oxygens (including phenoxy) is 2. The number of methoxy groups -OCH3 is 1. The van der Waals surface area contributed by atoms with Crippen LogP contribution in [-0.2, 0) is 11.3 Å². The van der Waals surface area contributed by atoms with E-state index in [9.17, 15) is 5.11 Å². The summed E-state index contributed by atoms with van der Waals surface area (Å²) in [5.41, 5.74) is 0.919. The van der Waals surface area contributed by atoms with Gasteiger partial charge in [-0.25, -0.2) is 0 Å². The van der Waals surface area contributed by atoms with Crippen molar-refractivity contribution in [3.8, 4) is 5.75 Å². The van der Waals surface area contributed by atoms with Crippen molar-refractivity contribution >= 4 is 11.6 Å². The van der Waals surface area contributed by atoms with E-state index in [2.05, 4.69) is 12.2 Å². The van der Waals surface area contributed by atoms with E-state index in [-0.39, 0.29) is 13.2 Å². The molecule has 0 radical (unpaired) electrons. The molecular formula is C14H22ClNO3. The molecule has 1 atom stereocenters. The van der Waals surface area contributed by atoms with Crippen molar-refractivity contribution in [2.45, 2.75) is 26.0 Å². The first-order valence-electron chi connectivity index (χ1n) is 6.47. The van der Waals surface area contributed by atoms with Gasteiger partial charge in [0, 0.05) is 24.2 Å². The molecular weight excluding hydrogens is 266 g/mol. The topological polar surface area (TPSA) is 50.7 Å². The molecule has 1 aromatic rings. The van der Waals surface area contributed by atoms with Crippen molar-refractivity contribution < 1.29 is 14.6 Å². The summed E-state index contributed by atoms with van der Waals surface area (Å²) in [6.07, 6.45) is 0.424. The summed E-state index contributed by atoms with van der Waals surface area (Å²) in [4.78, 5) is 0. The van der Waals surface area contributed by atoms with Crippen molar-refractivity contribution in [2.24, 2.45) is 0 Å². The first-order chi connectivity index (χ1) is 9.19. The molecule has 0 spiro atoms. The van der Waals surface area contributed by atoms with E-state index in [1.54, 1.807) is 7.11 Å². The maximum Gasteiger partial charge on any atom is 0.125 e. The Kier molecular flexibility index (Phi) is 7.82. The van der Waals surface area contributed by atoms with Crippen LogP contribution in [-0.4, -0.2) is 38.1 Å². The monoisotopic (exact) mass is 287 g/mol. The molecule has 0 saturated heterocycles. The van der Waals surface area contributed by atoms with Crippen LogP contribution in [0.2, 0.25) is 5.02 Å². The maximum absolute atomic E-state index is 9.59. The van der Waals surface area contributed by atoms with Crippen LogP contribution < -0.4 is 10.1 Å². The smallest absolute Gasteiger partial charge is 0.125 e. The van der Waals surface area contributed by atoms with E-state index >= 15 is 0 Å². The van der Waals surface area contributed by atoms with Crippen molar-refractivity contribution in [3.05, 3.63) is 28.8 Å². The van der Waals surface area contributed by atoms with Crippen molar-refractivity contribution in [1.29, 1.82) is 0 Å². The average Bonchev–Trinajstić information content (AvgIpc) is 2.39. The van der Waals surface area contributed by atoms with Gasteiger partial charge in [-0.05, 0) is 25.1 Å². The molecule has 0 fully saturated rings. The molecule has 108 valence electrons. The number of aliphatic hydroxyl groups excluding tert-OH is 1. The molecule has 1 unspecified atom stereocenters. The van der Waals surface area contributed by atoms with Gasteiger partial charge in [0.05, 0.1) is 6.61 Å². The second-order valence-corrected chi connectivity index (χ2v) is 4.72. The van der Waals surface area contributed by atoms with Crippen LogP contribution in [0.4, 0.5) is 0 Å². The Bertz CT molecular complexity index is 374. The van der Waals surface area contributed by atoms with Gasteiger partial charge in [-0.3, -0.25) is 0 Å². The molecule has 1 rings (SSSR count). The van der Waals surface area contributed by atoms with Gasteiger partial charge in [-0.1, -0.05) is 24.6 Å². The zero-order chi connectivity index (χ0) is 14.1. The Labute approximate surface area is 119 Å². The molecule has 1 aromatic carbocycles. The molecule has 0 aromatic heterocycles. The fourth-order valence-corrected chi connectivity index (χ4v) is 1.89. The summed E-state index contributed by atoms with van der Waals surface area (Å²) in [6, 6.07) is 5.53. The third-order valence-corrected chi connectivity index (χ3v) is 2.95. The molecule has 0 bridgehead atoms. The highest BCUT2D eigenvalue weighted by Crippen LogP contribution is 2.26. The van der Waals surface area contributed by atoms with E-state index in [0.29, 0.717) is 17.3 Å². The SMILES string of the molecule is CCCNCc1c(Cl)cccc1OCC(O)COC. The number of aliphatic hydroxyl groups is 1. The molecule has 5 heteroatoms. The summed E-state index contributed by atoms with van der Waals surface area (Å²) in [6.45, 7) is 4.14. The average molecular weight is 288 g/mol. The van der Waals surface area contributed by atoms with Crippen LogP contribution in [0.25, 0.3) is 0 Å². The Balaban J connectivity index is 2.62. The third kappa shape index (κ3) is 5.78. The predicted octanol–water partition coefficient (Wildman–Crippen LogP) is 2.23. The standard InChI is InChI=1S/C14H22ClNO3/c1-3-7-16-8-12-13(15)5-4-6-14(12)19-10-11(17)9-18-2/h4-6,11,16-17H,3,7-10H2,1-2H3. The van der Waals surface area contributed by atoms with Gasteiger partial charge in [0.1, 0.15) is 18.5 Å². The van der Waals surface area contributed by atoms with Crippen LogP contribution in [0.1, 0.15) is 18.9 Å². The molecule has 19 heavy (non-hydrogen) atoms. The normalized spacial score (nSPS) is 12.4. The summed E-state index contributed by atoms with van der Waals surface area (Å²) in [5.74, 6) is 0.700. The summed E-state index contributed by atoms with van der Waals surface area (Å²) >= 11 is 6.18. The van der Waals surface area contributed by atoms with E-state index < -0.39 is 6.10 Å². The summed E-state index contributed by atoms with van der Waals surface area (Å²) in [5, 5.41) is 13.5. The van der Waals surface area contributed by atoms with Gasteiger partial charge in [0.15, 0.2) is 0 Å². The molecule has 0 aliphatic carbocycles. The fraction of sp³-hybridized carbons (Fsp3) is 0.571. The highest BCUT2D eigenvalue weighted by Gasteiger charge is 2.10. The number of benzene rings is 1. The zero-order valence-electron chi connectivity index (χ0n) is 11.5. The van der Waals surface area contributed by atoms with E-state index in [1.807, 2.05) is 18.2 Å². The van der Waals surface area contributed by atoms with Gasteiger partial charge >= 0.3 is 0 Å². The van der Waals surface area contributed by atoms with Gasteiger partial charge < -0.3 is 19.9 Å². The predicted molar refractivity (Wildman–Crippen MR) is 76.8 cm³/mol. The fourth-order valence-electron chi connectivity index (χ4n) is 1.66. The van der Waals surface area contributed by atoms with Crippen LogP contribution in [0, 0.1) is 0 Å². The molecule has 0 saturated carbocycles. The van der Waals surface area contributed by atoms with E-state index in [0.717, 1.165) is 18.5 Å². The number of halogens is 1. The largest absolute Gasteiger partial charge is 0.490 e. The van der Waals surface area contributed by atoms with E-state index in [4.69, 9.17) is 21.1 Å². The minimum Gasteiger partial charge on any atom is -0.490 e. The quantitative estimate of drug-likeness (QED) is 0.684. The molecule has 0 aliphatic rings. The second kappa shape index (κ2) is 9.15. The number of hydrogen-bond acceptors (Lipinski definition) is 4. The molecule has 0 heterocycles. The minimum absolute atomic E-state index is 0.189. The van der Waals surface area contributed by atoms with Gasteiger partial charge in [0.25, 0.3) is 0 Å². The Morgan fingerprint density at radius 2 is 2.16 bits per heavy atom. The van der Waals surface area contributed by atoms with E-state index in [1.165, 1.54) is 0 Å². The Hall–Kier alpha value is -0.810. The second-order valence-electron chi connectivity index (χ2n) is 4.31. The lowest BCUT2D eigenvalue weighted by atomic mass is 10.2. The summed E-state index contributed by atoms with van der Waals surface area (Å²) < 4.78 is 10.5. The summed E-state index contributed by atoms with van der Waals surface area (Å²) in [7, 11) is 1.54. The number of hydrogen-bond donors (Lipinski definition) is 2. The minimum atomic E-state index is -0.638. The van der Waals surface area contributed by atoms with Crippen molar-refractivity contribution in [2.75, 3.05) is 26.9 Å². The molecule has 4 nitrogen and oxygen atoms in total. The van der Waals surface area contributed by atoms with Gasteiger partial charge in [0.2, 0.25) is 0 Å². The zero-order valence-corrected chi connectivity index (χ0v) is 12.2. The lowest BCUT2D eigenvalue weighted by Crippen LogP contribution is -2.23. The van der Waals surface area contributed by atoms with Crippen LogP contribution >= 0.6 is 11.6 Å². The van der Waals surface area contributed by atoms with Crippen molar-refractivity contribution in [1.82, 2.24) is 5.32 Å².